The van der Waals surface area contributed by atoms with Gasteiger partial charge >= 0.3 is 0 Å². The Morgan fingerprint density at radius 2 is 1.74 bits per heavy atom. The fourth-order valence-corrected chi connectivity index (χ4v) is 7.79. The van der Waals surface area contributed by atoms with Gasteiger partial charge in [-0.3, -0.25) is 4.79 Å². The molecule has 23 heavy (non-hydrogen) atoms. The van der Waals surface area contributed by atoms with E-state index in [4.69, 9.17) is 5.73 Å². The zero-order valence-corrected chi connectivity index (χ0v) is 14.0. The Morgan fingerprint density at radius 3 is 2.26 bits per heavy atom. The average Bonchev–Trinajstić information content (AvgIpc) is 3.05. The molecule has 0 aromatic rings. The molecule has 6 aliphatic carbocycles. The Morgan fingerprint density at radius 1 is 1.09 bits per heavy atom. The smallest absolute Gasteiger partial charge is 0.153 e. The van der Waals surface area contributed by atoms with Crippen LogP contribution in [0.1, 0.15) is 58.3 Å². The van der Waals surface area contributed by atoms with Crippen LogP contribution in [0.3, 0.4) is 0 Å². The molecule has 4 heteroatoms. The Bertz CT molecular complexity index is 555. The molecule has 7 atom stereocenters. The molecule has 4 unspecified atom stereocenters. The molecule has 6 aliphatic rings. The van der Waals surface area contributed by atoms with Crippen LogP contribution in [0.2, 0.25) is 0 Å². The maximum absolute atomic E-state index is 13.2. The van der Waals surface area contributed by atoms with E-state index in [1.165, 1.54) is 12.8 Å². The van der Waals surface area contributed by atoms with Crippen molar-refractivity contribution >= 4 is 5.78 Å². The zero-order valence-electron chi connectivity index (χ0n) is 14.0. The molecule has 0 radical (unpaired) electrons. The van der Waals surface area contributed by atoms with Crippen LogP contribution in [0.5, 0.6) is 0 Å². The first-order chi connectivity index (χ1) is 10.7. The molecule has 0 aliphatic heterocycles. The van der Waals surface area contributed by atoms with Crippen LogP contribution in [0, 0.1) is 35.0 Å². The molecular formula is C19H29NO3. The summed E-state index contributed by atoms with van der Waals surface area (Å²) in [7, 11) is 0. The predicted molar refractivity (Wildman–Crippen MR) is 85.4 cm³/mol. The molecular weight excluding hydrogens is 290 g/mol. The number of aliphatic hydroxyl groups is 2. The van der Waals surface area contributed by atoms with Crippen LogP contribution in [0.25, 0.3) is 0 Å². The summed E-state index contributed by atoms with van der Waals surface area (Å²) in [6, 6.07) is -0.504. The summed E-state index contributed by atoms with van der Waals surface area (Å²) in [5, 5.41) is 21.8. The molecule has 6 fully saturated rings. The van der Waals surface area contributed by atoms with Crippen LogP contribution >= 0.6 is 0 Å². The maximum Gasteiger partial charge on any atom is 0.153 e. The monoisotopic (exact) mass is 319 g/mol. The minimum Gasteiger partial charge on any atom is -0.390 e. The Labute approximate surface area is 137 Å². The molecule has 4 bridgehead atoms. The van der Waals surface area contributed by atoms with Gasteiger partial charge < -0.3 is 15.9 Å². The predicted octanol–water partition coefficient (Wildman–Crippen LogP) is 1.62. The van der Waals surface area contributed by atoms with Gasteiger partial charge in [-0.25, -0.2) is 0 Å². The summed E-state index contributed by atoms with van der Waals surface area (Å²) >= 11 is 0. The fraction of sp³-hybridized carbons (Fsp3) is 0.947. The number of carbonyl (C=O) groups excluding carboxylic acids is 1. The minimum atomic E-state index is -0.796. The van der Waals surface area contributed by atoms with Crippen molar-refractivity contribution < 1.29 is 15.0 Å². The Kier molecular flexibility index (Phi) is 2.71. The minimum absolute atomic E-state index is 0.132. The van der Waals surface area contributed by atoms with Crippen molar-refractivity contribution in [3.8, 4) is 0 Å². The van der Waals surface area contributed by atoms with Gasteiger partial charge in [0.15, 0.2) is 5.78 Å². The second-order valence-electron chi connectivity index (χ2n) is 10.1. The normalized spacial score (nSPS) is 60.6. The third-order valence-electron chi connectivity index (χ3n) is 8.07. The van der Waals surface area contributed by atoms with Crippen molar-refractivity contribution in [2.75, 3.05) is 0 Å². The molecule has 6 rings (SSSR count). The van der Waals surface area contributed by atoms with Gasteiger partial charge in [-0.2, -0.15) is 0 Å². The number of hydrogen-bond donors (Lipinski definition) is 3. The van der Waals surface area contributed by atoms with Crippen LogP contribution in [-0.4, -0.2) is 33.2 Å². The highest BCUT2D eigenvalue weighted by atomic mass is 16.3. The standard InChI is InChI=1S/C19H29NO3/c1-10-2-12-3-13(12)14(10)15(21)16(20)17-4-11-5-18(22,7-17)9-19(23,6-11)8-17/h10-14,16,22-23H,2-9,20H2,1H3/t10-,11?,12-,13?,14?,16-,17?,18?,19?/m1/s1. The highest BCUT2D eigenvalue weighted by Gasteiger charge is 2.66. The SMILES string of the molecule is C[C@@H]1C[C@@H]2CC2C1C(=O)[C@@H](N)C12CC3CC(O)(CC(O)(C3)C1)C2. The lowest BCUT2D eigenvalue weighted by Crippen LogP contribution is -2.68. The summed E-state index contributed by atoms with van der Waals surface area (Å²) < 4.78 is 0. The van der Waals surface area contributed by atoms with E-state index in [0.717, 1.165) is 25.2 Å². The van der Waals surface area contributed by atoms with E-state index in [9.17, 15) is 15.0 Å². The van der Waals surface area contributed by atoms with E-state index in [-0.39, 0.29) is 17.1 Å². The summed E-state index contributed by atoms with van der Waals surface area (Å²) in [6.45, 7) is 2.20. The van der Waals surface area contributed by atoms with Gasteiger partial charge in [0.25, 0.3) is 0 Å². The third-order valence-corrected chi connectivity index (χ3v) is 8.07. The zero-order chi connectivity index (χ0) is 16.2. The second-order valence-corrected chi connectivity index (χ2v) is 10.1. The summed E-state index contributed by atoms with van der Waals surface area (Å²) in [4.78, 5) is 13.2. The van der Waals surface area contributed by atoms with Crippen molar-refractivity contribution in [2.45, 2.75) is 75.5 Å². The lowest BCUT2D eigenvalue weighted by molar-refractivity contribution is -0.234. The van der Waals surface area contributed by atoms with Gasteiger partial charge in [-0.1, -0.05) is 6.92 Å². The van der Waals surface area contributed by atoms with Gasteiger partial charge in [-0.05, 0) is 74.0 Å². The Balaban J connectivity index is 1.45. The first-order valence-corrected chi connectivity index (χ1v) is 9.47. The Hall–Kier alpha value is -0.450. The number of Topliss-reactive ketones (excluding diaryl/α,β-unsaturated/α-hetero) is 1. The first kappa shape index (κ1) is 14.9. The van der Waals surface area contributed by atoms with E-state index < -0.39 is 17.2 Å². The lowest BCUT2D eigenvalue weighted by atomic mass is 9.44. The molecule has 128 valence electrons. The highest BCUT2D eigenvalue weighted by Crippen LogP contribution is 2.65. The number of ketones is 1. The molecule has 0 saturated heterocycles. The van der Waals surface area contributed by atoms with E-state index in [1.54, 1.807) is 0 Å². The largest absolute Gasteiger partial charge is 0.390 e. The van der Waals surface area contributed by atoms with Crippen molar-refractivity contribution in [2.24, 2.45) is 40.7 Å². The molecule has 6 saturated carbocycles. The molecule has 0 heterocycles. The van der Waals surface area contributed by atoms with E-state index in [0.29, 0.717) is 37.0 Å². The average molecular weight is 319 g/mol. The molecule has 0 amide bonds. The number of rotatable bonds is 3. The van der Waals surface area contributed by atoms with Crippen molar-refractivity contribution in [1.82, 2.24) is 0 Å². The maximum atomic E-state index is 13.2. The molecule has 4 N–H and O–H groups in total. The quantitative estimate of drug-likeness (QED) is 0.738. The van der Waals surface area contributed by atoms with Gasteiger partial charge in [0.05, 0.1) is 17.2 Å². The van der Waals surface area contributed by atoms with Gasteiger partial charge in [-0.15, -0.1) is 0 Å². The van der Waals surface area contributed by atoms with E-state index >= 15 is 0 Å². The first-order valence-electron chi connectivity index (χ1n) is 9.47. The fourth-order valence-electron chi connectivity index (χ4n) is 7.79. The van der Waals surface area contributed by atoms with Crippen molar-refractivity contribution in [3.05, 3.63) is 0 Å². The number of carbonyl (C=O) groups is 1. The van der Waals surface area contributed by atoms with Crippen LogP contribution in [-0.2, 0) is 4.79 Å². The summed E-state index contributed by atoms with van der Waals surface area (Å²) in [5.41, 5.74) is 4.62. The molecule has 0 aromatic carbocycles. The molecule has 0 spiro atoms. The lowest BCUT2D eigenvalue weighted by Gasteiger charge is -2.64. The topological polar surface area (TPSA) is 83.6 Å². The van der Waals surface area contributed by atoms with Gasteiger partial charge in [0, 0.05) is 12.3 Å². The van der Waals surface area contributed by atoms with Gasteiger partial charge in [0.2, 0.25) is 0 Å². The third kappa shape index (κ3) is 1.98. The summed E-state index contributed by atoms with van der Waals surface area (Å²) in [6.07, 6.45) is 6.56. The highest BCUT2D eigenvalue weighted by molar-refractivity contribution is 5.88. The molecule has 4 nitrogen and oxygen atoms in total. The van der Waals surface area contributed by atoms with E-state index in [2.05, 4.69) is 6.92 Å². The van der Waals surface area contributed by atoms with Gasteiger partial charge in [0.1, 0.15) is 0 Å². The van der Waals surface area contributed by atoms with Crippen LogP contribution in [0.15, 0.2) is 0 Å². The van der Waals surface area contributed by atoms with Crippen molar-refractivity contribution in [1.29, 1.82) is 0 Å². The van der Waals surface area contributed by atoms with Crippen molar-refractivity contribution in [3.63, 3.8) is 0 Å². The van der Waals surface area contributed by atoms with Crippen LogP contribution in [0.4, 0.5) is 0 Å². The second kappa shape index (κ2) is 4.20. The number of nitrogens with two attached hydrogens (primary N) is 1. The van der Waals surface area contributed by atoms with E-state index in [1.807, 2.05) is 0 Å². The summed E-state index contributed by atoms with van der Waals surface area (Å²) in [5.74, 6) is 2.48. The number of hydrogen-bond acceptors (Lipinski definition) is 4. The number of fused-ring (bicyclic) bond motifs is 1. The molecule has 0 aromatic heterocycles. The van der Waals surface area contributed by atoms with Crippen LogP contribution < -0.4 is 5.73 Å².